The number of thiazole rings is 1. The Morgan fingerprint density at radius 1 is 1.33 bits per heavy atom. The summed E-state index contributed by atoms with van der Waals surface area (Å²) in [5.41, 5.74) is -0.0269. The number of carbonyl (C=O) groups excluding carboxylic acids is 2. The lowest BCUT2D eigenvalue weighted by Crippen LogP contribution is -2.52. The molecule has 2 aromatic rings. The Hall–Kier alpha value is -2.46. The van der Waals surface area contributed by atoms with E-state index in [1.807, 2.05) is 38.1 Å². The van der Waals surface area contributed by atoms with Crippen LogP contribution in [0.2, 0.25) is 0 Å². The second-order valence-corrected chi connectivity index (χ2v) is 8.13. The standard InChI is InChI=1S/C20H25N3O3S/c1-13(2)20(4,12-21)23-19(25)14(3)26-18(24)11-7-10-17-22-15-8-5-6-9-16(15)27-17/h5-6,8-9,13-14H,7,10-11H2,1-4H3,(H,23,25)/t14-,20-/m1/s1. The predicted octanol–water partition coefficient (Wildman–Crippen LogP) is 3.61. The van der Waals surface area contributed by atoms with Gasteiger partial charge in [0.1, 0.15) is 5.54 Å². The molecule has 0 fully saturated rings. The van der Waals surface area contributed by atoms with E-state index in [-0.39, 0.29) is 12.3 Å². The molecule has 27 heavy (non-hydrogen) atoms. The van der Waals surface area contributed by atoms with Gasteiger partial charge in [0.15, 0.2) is 6.10 Å². The Morgan fingerprint density at radius 2 is 2.04 bits per heavy atom. The number of nitrogens with one attached hydrogen (secondary N) is 1. The van der Waals surface area contributed by atoms with E-state index in [1.54, 1.807) is 18.3 Å². The van der Waals surface area contributed by atoms with Gasteiger partial charge in [-0.1, -0.05) is 26.0 Å². The Kier molecular flexibility index (Phi) is 6.92. The zero-order valence-corrected chi connectivity index (χ0v) is 16.9. The number of nitrogens with zero attached hydrogens (tertiary/aromatic N) is 2. The average Bonchev–Trinajstić information content (AvgIpc) is 3.03. The molecule has 0 aliphatic heterocycles. The molecule has 1 amide bonds. The molecule has 2 atom stereocenters. The third kappa shape index (κ3) is 5.51. The van der Waals surface area contributed by atoms with Gasteiger partial charge in [-0.25, -0.2) is 4.98 Å². The van der Waals surface area contributed by atoms with Gasteiger partial charge in [-0.3, -0.25) is 9.59 Å². The second-order valence-electron chi connectivity index (χ2n) is 7.02. The smallest absolute Gasteiger partial charge is 0.306 e. The lowest BCUT2D eigenvalue weighted by atomic mass is 9.90. The zero-order chi connectivity index (χ0) is 20.0. The van der Waals surface area contributed by atoms with Crippen molar-refractivity contribution in [2.24, 2.45) is 5.92 Å². The van der Waals surface area contributed by atoms with Gasteiger partial charge in [0.25, 0.3) is 5.91 Å². The average molecular weight is 388 g/mol. The summed E-state index contributed by atoms with van der Waals surface area (Å²) in [7, 11) is 0. The van der Waals surface area contributed by atoms with Gasteiger partial charge in [0.05, 0.1) is 21.3 Å². The normalized spacial score (nSPS) is 14.4. The van der Waals surface area contributed by atoms with Crippen molar-refractivity contribution < 1.29 is 14.3 Å². The van der Waals surface area contributed by atoms with Crippen molar-refractivity contribution in [3.05, 3.63) is 29.3 Å². The number of carbonyl (C=O) groups is 2. The molecule has 2 rings (SSSR count). The van der Waals surface area contributed by atoms with E-state index in [0.717, 1.165) is 15.2 Å². The van der Waals surface area contributed by atoms with Crippen LogP contribution in [0.3, 0.4) is 0 Å². The molecular weight excluding hydrogens is 362 g/mol. The van der Waals surface area contributed by atoms with Crippen molar-refractivity contribution >= 4 is 33.4 Å². The number of esters is 1. The predicted molar refractivity (Wildman–Crippen MR) is 105 cm³/mol. The van der Waals surface area contributed by atoms with E-state index < -0.39 is 23.5 Å². The highest BCUT2D eigenvalue weighted by Crippen LogP contribution is 2.22. The first-order chi connectivity index (χ1) is 12.7. The Balaban J connectivity index is 1.79. The minimum absolute atomic E-state index is 0.0665. The van der Waals surface area contributed by atoms with Gasteiger partial charge in [-0.15, -0.1) is 11.3 Å². The number of aryl methyl sites for hydroxylation is 1. The summed E-state index contributed by atoms with van der Waals surface area (Å²) in [4.78, 5) is 28.7. The van der Waals surface area contributed by atoms with Gasteiger partial charge < -0.3 is 10.1 Å². The number of ether oxygens (including phenoxy) is 1. The maximum atomic E-state index is 12.2. The molecule has 1 aromatic carbocycles. The number of benzene rings is 1. The highest BCUT2D eigenvalue weighted by atomic mass is 32.1. The van der Waals surface area contributed by atoms with Crippen LogP contribution >= 0.6 is 11.3 Å². The molecule has 6 nitrogen and oxygen atoms in total. The third-order valence-electron chi connectivity index (χ3n) is 4.56. The molecule has 0 bridgehead atoms. The van der Waals surface area contributed by atoms with Gasteiger partial charge >= 0.3 is 5.97 Å². The van der Waals surface area contributed by atoms with E-state index in [9.17, 15) is 14.9 Å². The van der Waals surface area contributed by atoms with Crippen LogP contribution in [0.4, 0.5) is 0 Å². The highest BCUT2D eigenvalue weighted by molar-refractivity contribution is 7.18. The maximum Gasteiger partial charge on any atom is 0.306 e. The quantitative estimate of drug-likeness (QED) is 0.699. The summed E-state index contributed by atoms with van der Waals surface area (Å²) in [6, 6.07) is 10.0. The molecule has 7 heteroatoms. The number of hydrogen-bond acceptors (Lipinski definition) is 6. The monoisotopic (exact) mass is 387 g/mol. The second kappa shape index (κ2) is 8.96. The fourth-order valence-corrected chi connectivity index (χ4v) is 3.39. The summed E-state index contributed by atoms with van der Waals surface area (Å²) in [6.45, 7) is 6.87. The number of aromatic nitrogens is 1. The van der Waals surface area contributed by atoms with Crippen LogP contribution in [0.15, 0.2) is 24.3 Å². The topological polar surface area (TPSA) is 92.1 Å². The Morgan fingerprint density at radius 3 is 2.67 bits per heavy atom. The number of para-hydroxylation sites is 1. The summed E-state index contributed by atoms with van der Waals surface area (Å²) in [5, 5.41) is 12.9. The van der Waals surface area contributed by atoms with Gasteiger partial charge in [0, 0.05) is 6.42 Å². The zero-order valence-electron chi connectivity index (χ0n) is 16.1. The SMILES string of the molecule is CC(C)[C@@](C)(C#N)NC(=O)[C@@H](C)OC(=O)CCCc1nc2ccccc2s1. The molecule has 0 aliphatic rings. The van der Waals surface area contributed by atoms with Crippen LogP contribution in [-0.2, 0) is 20.7 Å². The van der Waals surface area contributed by atoms with E-state index in [2.05, 4.69) is 16.4 Å². The molecule has 0 aliphatic carbocycles. The van der Waals surface area contributed by atoms with Crippen LogP contribution in [-0.4, -0.2) is 28.5 Å². The summed E-state index contributed by atoms with van der Waals surface area (Å²) in [6.07, 6.45) is 0.572. The first-order valence-corrected chi connectivity index (χ1v) is 9.84. The molecule has 1 heterocycles. The van der Waals surface area contributed by atoms with Crippen molar-refractivity contribution in [2.75, 3.05) is 0 Å². The molecule has 0 unspecified atom stereocenters. The highest BCUT2D eigenvalue weighted by Gasteiger charge is 2.32. The number of nitriles is 1. The first kappa shape index (κ1) is 20.8. The lowest BCUT2D eigenvalue weighted by Gasteiger charge is -2.28. The van der Waals surface area contributed by atoms with Gasteiger partial charge in [-0.05, 0) is 44.7 Å². The fraction of sp³-hybridized carbons (Fsp3) is 0.500. The van der Waals surface area contributed by atoms with Crippen LogP contribution in [0, 0.1) is 17.2 Å². The van der Waals surface area contributed by atoms with Gasteiger partial charge in [0.2, 0.25) is 0 Å². The van der Waals surface area contributed by atoms with Crippen molar-refractivity contribution in [1.82, 2.24) is 10.3 Å². The molecule has 0 radical (unpaired) electrons. The molecule has 0 saturated carbocycles. The minimum atomic E-state index is -0.995. The number of rotatable bonds is 8. The maximum absolute atomic E-state index is 12.2. The minimum Gasteiger partial charge on any atom is -0.453 e. The Labute approximate surface area is 163 Å². The van der Waals surface area contributed by atoms with Gasteiger partial charge in [-0.2, -0.15) is 5.26 Å². The number of amides is 1. The fourth-order valence-electron chi connectivity index (χ4n) is 2.38. The van der Waals surface area contributed by atoms with E-state index in [0.29, 0.717) is 12.8 Å². The largest absolute Gasteiger partial charge is 0.453 e. The van der Waals surface area contributed by atoms with E-state index in [4.69, 9.17) is 4.74 Å². The number of fused-ring (bicyclic) bond motifs is 1. The van der Waals surface area contributed by atoms with E-state index >= 15 is 0 Å². The van der Waals surface area contributed by atoms with Crippen molar-refractivity contribution in [1.29, 1.82) is 5.26 Å². The van der Waals surface area contributed by atoms with Crippen LogP contribution in [0.1, 0.15) is 45.5 Å². The van der Waals surface area contributed by atoms with Crippen molar-refractivity contribution in [3.8, 4) is 6.07 Å². The summed E-state index contributed by atoms with van der Waals surface area (Å²) in [5.74, 6) is -0.961. The Bertz CT molecular complexity index is 823. The molecule has 0 saturated heterocycles. The summed E-state index contributed by atoms with van der Waals surface area (Å²) >= 11 is 1.62. The molecular formula is C20H25N3O3S. The third-order valence-corrected chi connectivity index (χ3v) is 5.65. The van der Waals surface area contributed by atoms with Crippen molar-refractivity contribution in [2.45, 2.75) is 58.6 Å². The molecule has 144 valence electrons. The van der Waals surface area contributed by atoms with Crippen LogP contribution in [0.5, 0.6) is 0 Å². The lowest BCUT2D eigenvalue weighted by molar-refractivity contribution is -0.155. The first-order valence-electron chi connectivity index (χ1n) is 9.02. The van der Waals surface area contributed by atoms with Crippen molar-refractivity contribution in [3.63, 3.8) is 0 Å². The van der Waals surface area contributed by atoms with Crippen LogP contribution < -0.4 is 5.32 Å². The van der Waals surface area contributed by atoms with E-state index in [1.165, 1.54) is 6.92 Å². The van der Waals surface area contributed by atoms with Crippen LogP contribution in [0.25, 0.3) is 10.2 Å². The molecule has 1 N–H and O–H groups in total. The summed E-state index contributed by atoms with van der Waals surface area (Å²) < 4.78 is 6.33. The molecule has 1 aromatic heterocycles. The number of hydrogen-bond donors (Lipinski definition) is 1. The molecule has 0 spiro atoms.